The van der Waals surface area contributed by atoms with Crippen LogP contribution in [0.3, 0.4) is 0 Å². The molecule has 7 nitrogen and oxygen atoms in total. The molecule has 0 saturated heterocycles. The van der Waals surface area contributed by atoms with Gasteiger partial charge in [0.1, 0.15) is 0 Å². The Morgan fingerprint density at radius 1 is 0.378 bits per heavy atom. The maximum Gasteiger partial charge on any atom is 0.164 e. The molecule has 0 saturated carbocycles. The lowest BCUT2D eigenvalue weighted by Crippen LogP contribution is -2.04. The highest BCUT2D eigenvalue weighted by Gasteiger charge is 2.21. The summed E-state index contributed by atoms with van der Waals surface area (Å²) in [4.78, 5) is 15.7. The average molecular weight is 942 g/mol. The monoisotopic (exact) mass is 941 g/mol. The molecule has 0 N–H and O–H groups in total. The minimum Gasteiger partial charge on any atom is -0.309 e. The summed E-state index contributed by atoms with van der Waals surface area (Å²) in [5.74, 6) is 8.16. The Bertz CT molecular complexity index is 4170. The summed E-state index contributed by atoms with van der Waals surface area (Å²) in [6.07, 6.45) is 4.40. The van der Waals surface area contributed by atoms with E-state index in [0.29, 0.717) is 40.6 Å². The first-order chi connectivity index (χ1) is 36.5. The zero-order valence-electron chi connectivity index (χ0n) is 39.7. The second-order valence-corrected chi connectivity index (χ2v) is 18.0. The van der Waals surface area contributed by atoms with E-state index in [-0.39, 0.29) is 0 Å². The first kappa shape index (κ1) is 44.5. The summed E-state index contributed by atoms with van der Waals surface area (Å²) in [6, 6.07) is 78.2. The van der Waals surface area contributed by atoms with Crippen LogP contribution < -0.4 is 0 Å². The molecule has 7 heteroatoms. The molecule has 74 heavy (non-hydrogen) atoms. The summed E-state index contributed by atoms with van der Waals surface area (Å²) >= 11 is 0. The van der Waals surface area contributed by atoms with Crippen molar-refractivity contribution in [2.75, 3.05) is 0 Å². The molecule has 0 fully saturated rings. The summed E-state index contributed by atoms with van der Waals surface area (Å²) in [5, 5.41) is 31.1. The number of nitrogens with zero attached hydrogens (tertiary/aromatic N) is 7. The van der Waals surface area contributed by atoms with Gasteiger partial charge < -0.3 is 4.57 Å². The van der Waals surface area contributed by atoms with E-state index in [9.17, 15) is 15.8 Å². The van der Waals surface area contributed by atoms with Crippen LogP contribution in [0.15, 0.2) is 224 Å². The summed E-state index contributed by atoms with van der Waals surface area (Å²) in [7, 11) is 0. The van der Waals surface area contributed by atoms with Crippen LogP contribution in [-0.2, 0) is 0 Å². The first-order valence-electron chi connectivity index (χ1n) is 24.1. The Hall–Kier alpha value is -10.7. The molecule has 0 aliphatic heterocycles. The third kappa shape index (κ3) is 8.57. The average Bonchev–Trinajstić information content (AvgIpc) is 3.60. The number of hydrogen-bond acceptors (Lipinski definition) is 6. The van der Waals surface area contributed by atoms with Gasteiger partial charge in [0.15, 0.2) is 17.5 Å². The zero-order chi connectivity index (χ0) is 50.0. The standard InChI is InChI=1S/C67H39N7/c68-41-44-17-21-50(22-18-44)49-14-8-15-53(28-25-49)65-71-66(54-29-26-51(27-30-54)55-16-7-9-46(37-55)43-70)73-67(72-65)58-31-34-59(52-23-19-45(42-69)20-24-52)64(40-58)74-62-35-32-56(47-10-3-1-4-11-47)38-60(62)61-39-57(33-36-63(61)74)48-12-5-2-6-13-48/h1-7,9-13,16-40H,15H2. The van der Waals surface area contributed by atoms with E-state index >= 15 is 0 Å². The Morgan fingerprint density at radius 3 is 1.47 bits per heavy atom. The van der Waals surface area contributed by atoms with Gasteiger partial charge in [-0.05, 0) is 117 Å². The van der Waals surface area contributed by atoms with Crippen molar-refractivity contribution >= 4 is 33.0 Å². The summed E-state index contributed by atoms with van der Waals surface area (Å²) in [6.45, 7) is 0. The number of aromatic nitrogens is 4. The number of benzene rings is 9. The van der Waals surface area contributed by atoms with Gasteiger partial charge in [0.2, 0.25) is 0 Å². The van der Waals surface area contributed by atoms with Crippen molar-refractivity contribution in [2.24, 2.45) is 0 Å². The smallest absolute Gasteiger partial charge is 0.164 e. The largest absolute Gasteiger partial charge is 0.309 e. The number of fused-ring (bicyclic) bond motifs is 3. The van der Waals surface area contributed by atoms with Crippen LogP contribution in [0.2, 0.25) is 0 Å². The molecule has 12 rings (SSSR count). The van der Waals surface area contributed by atoms with Crippen LogP contribution in [0.4, 0.5) is 0 Å². The van der Waals surface area contributed by atoms with Crippen molar-refractivity contribution in [3.8, 4) is 103 Å². The molecular weight excluding hydrogens is 903 g/mol. The third-order valence-electron chi connectivity index (χ3n) is 13.5. The molecule has 0 amide bonds. The van der Waals surface area contributed by atoms with Gasteiger partial charge >= 0.3 is 0 Å². The highest BCUT2D eigenvalue weighted by atomic mass is 15.0. The molecule has 0 radical (unpaired) electrons. The van der Waals surface area contributed by atoms with Crippen LogP contribution in [0, 0.1) is 45.8 Å². The third-order valence-corrected chi connectivity index (χ3v) is 13.5. The Labute approximate surface area is 428 Å². The first-order valence-corrected chi connectivity index (χ1v) is 24.1. The predicted molar refractivity (Wildman–Crippen MR) is 296 cm³/mol. The lowest BCUT2D eigenvalue weighted by molar-refractivity contribution is 1.02. The molecule has 0 atom stereocenters. The van der Waals surface area contributed by atoms with Gasteiger partial charge in [-0.15, -0.1) is 0 Å². The van der Waals surface area contributed by atoms with Crippen molar-refractivity contribution in [3.05, 3.63) is 253 Å². The molecule has 2 heterocycles. The Kier molecular flexibility index (Phi) is 11.6. The lowest BCUT2D eigenvalue weighted by atomic mass is 9.99. The minimum atomic E-state index is 0.396. The van der Waals surface area contributed by atoms with E-state index in [1.54, 1.807) is 18.2 Å². The van der Waals surface area contributed by atoms with Gasteiger partial charge in [-0.1, -0.05) is 164 Å². The van der Waals surface area contributed by atoms with E-state index < -0.39 is 0 Å². The fourth-order valence-corrected chi connectivity index (χ4v) is 9.65. The van der Waals surface area contributed by atoms with Crippen LogP contribution in [0.1, 0.15) is 34.5 Å². The molecule has 9 aromatic carbocycles. The van der Waals surface area contributed by atoms with E-state index in [4.69, 9.17) is 15.0 Å². The van der Waals surface area contributed by atoms with Gasteiger partial charge in [-0.25, -0.2) is 15.0 Å². The molecule has 0 unspecified atom stereocenters. The van der Waals surface area contributed by atoms with E-state index in [2.05, 4.69) is 138 Å². The molecule has 1 aliphatic rings. The summed E-state index contributed by atoms with van der Waals surface area (Å²) in [5.41, 5.74) is 17.2. The molecule has 2 aromatic heterocycles. The van der Waals surface area contributed by atoms with Crippen molar-refractivity contribution in [1.82, 2.24) is 19.5 Å². The van der Waals surface area contributed by atoms with Gasteiger partial charge in [-0.3, -0.25) is 0 Å². The second kappa shape index (κ2) is 19.2. The quantitative estimate of drug-likeness (QED) is 0.133. The molecule has 342 valence electrons. The van der Waals surface area contributed by atoms with Crippen LogP contribution in [0.5, 0.6) is 0 Å². The Balaban J connectivity index is 1.07. The number of rotatable bonds is 9. The van der Waals surface area contributed by atoms with Crippen molar-refractivity contribution in [3.63, 3.8) is 0 Å². The van der Waals surface area contributed by atoms with Crippen LogP contribution in [0.25, 0.3) is 106 Å². The van der Waals surface area contributed by atoms with E-state index in [1.165, 1.54) is 0 Å². The molecule has 0 bridgehead atoms. The van der Waals surface area contributed by atoms with Gasteiger partial charge in [0.25, 0.3) is 0 Å². The fourth-order valence-electron chi connectivity index (χ4n) is 9.65. The lowest BCUT2D eigenvalue weighted by Gasteiger charge is -2.17. The van der Waals surface area contributed by atoms with Crippen LogP contribution in [-0.4, -0.2) is 19.5 Å². The molecular formula is C67H39N7. The molecule has 1 aliphatic carbocycles. The van der Waals surface area contributed by atoms with Crippen molar-refractivity contribution in [2.45, 2.75) is 6.42 Å². The van der Waals surface area contributed by atoms with Crippen LogP contribution >= 0.6 is 0 Å². The highest BCUT2D eigenvalue weighted by Crippen LogP contribution is 2.41. The molecule has 0 spiro atoms. The number of hydrogen-bond donors (Lipinski definition) is 0. The molecule has 11 aromatic rings. The predicted octanol–water partition coefficient (Wildman–Crippen LogP) is 15.5. The van der Waals surface area contributed by atoms with E-state index in [1.807, 2.05) is 103 Å². The SMILES string of the molecule is N#Cc1ccc(C2=CC=C(c3nc(-c4ccc(-c5cccc(C#N)c5)cc4)nc(-c4ccc(-c5ccc(C#N)cc5)c(-n5c6ccc(-c7ccccc7)cc6c6cc(-c7ccccc7)ccc65)c4)n3)CC#C2)cc1. The Morgan fingerprint density at radius 2 is 0.865 bits per heavy atom. The van der Waals surface area contributed by atoms with Gasteiger partial charge in [-0.2, -0.15) is 15.8 Å². The maximum atomic E-state index is 9.81. The highest BCUT2D eigenvalue weighted by molar-refractivity contribution is 6.12. The van der Waals surface area contributed by atoms with Crippen molar-refractivity contribution < 1.29 is 0 Å². The fraction of sp³-hybridized carbons (Fsp3) is 0.0149. The zero-order valence-corrected chi connectivity index (χ0v) is 39.7. The van der Waals surface area contributed by atoms with Crippen molar-refractivity contribution in [1.29, 1.82) is 15.8 Å². The second-order valence-electron chi connectivity index (χ2n) is 18.0. The van der Waals surface area contributed by atoms with Gasteiger partial charge in [0, 0.05) is 45.0 Å². The van der Waals surface area contributed by atoms with E-state index in [0.717, 1.165) is 99.8 Å². The topological polar surface area (TPSA) is 115 Å². The number of allylic oxidation sites excluding steroid dienone is 4. The number of nitriles is 3. The maximum absolute atomic E-state index is 9.81. The van der Waals surface area contributed by atoms with Gasteiger partial charge in [0.05, 0.1) is 51.6 Å². The normalized spacial score (nSPS) is 11.9. The summed E-state index contributed by atoms with van der Waals surface area (Å²) < 4.78 is 2.34. The minimum absolute atomic E-state index is 0.396.